The molecule has 2 saturated heterocycles. The van der Waals surface area contributed by atoms with E-state index in [1.807, 2.05) is 18.2 Å². The first-order valence-corrected chi connectivity index (χ1v) is 13.4. The Balaban J connectivity index is 1.66. The second-order valence-electron chi connectivity index (χ2n) is 10.1. The van der Waals surface area contributed by atoms with E-state index in [9.17, 15) is 14.7 Å². The second-order valence-corrected chi connectivity index (χ2v) is 10.1. The molecule has 204 valence electrons. The van der Waals surface area contributed by atoms with Gasteiger partial charge in [0.2, 0.25) is 0 Å². The molecule has 8 nitrogen and oxygen atoms in total. The Hall–Kier alpha value is -3.36. The lowest BCUT2D eigenvalue weighted by Gasteiger charge is -2.29. The molecule has 1 atom stereocenters. The van der Waals surface area contributed by atoms with Gasteiger partial charge in [0, 0.05) is 31.7 Å². The molecule has 1 N–H and O–H groups in total. The molecule has 0 saturated carbocycles. The predicted molar refractivity (Wildman–Crippen MR) is 145 cm³/mol. The number of rotatable bonds is 11. The minimum absolute atomic E-state index is 0.0862. The second kappa shape index (κ2) is 12.9. The smallest absolute Gasteiger partial charge is 0.295 e. The van der Waals surface area contributed by atoms with Gasteiger partial charge in [-0.2, -0.15) is 0 Å². The first-order chi connectivity index (χ1) is 18.4. The van der Waals surface area contributed by atoms with Crippen molar-refractivity contribution in [1.82, 2.24) is 9.80 Å². The van der Waals surface area contributed by atoms with E-state index in [1.165, 1.54) is 0 Å². The molecule has 0 bridgehead atoms. The van der Waals surface area contributed by atoms with Crippen LogP contribution < -0.4 is 9.47 Å². The Morgan fingerprint density at radius 2 is 1.79 bits per heavy atom. The van der Waals surface area contributed by atoms with Crippen LogP contribution in [-0.4, -0.2) is 79.7 Å². The lowest BCUT2D eigenvalue weighted by Crippen LogP contribution is -2.39. The number of benzene rings is 2. The molecule has 0 spiro atoms. The predicted octanol–water partition coefficient (Wildman–Crippen LogP) is 4.26. The average molecular weight is 523 g/mol. The van der Waals surface area contributed by atoms with Gasteiger partial charge < -0.3 is 24.2 Å². The summed E-state index contributed by atoms with van der Waals surface area (Å²) in [4.78, 5) is 30.5. The van der Waals surface area contributed by atoms with Crippen LogP contribution in [0.25, 0.3) is 5.76 Å². The van der Waals surface area contributed by atoms with Crippen molar-refractivity contribution < 1.29 is 28.9 Å². The SMILES string of the molecule is COc1cc(C2C(=C(O)c3ccccc3)C(=O)C(=O)N2CCCN2CCOCC2)ccc1OCCC(C)C. The van der Waals surface area contributed by atoms with Crippen molar-refractivity contribution in [3.8, 4) is 11.5 Å². The van der Waals surface area contributed by atoms with E-state index in [0.29, 0.717) is 61.3 Å². The minimum atomic E-state index is -0.737. The number of methoxy groups -OCH3 is 1. The monoisotopic (exact) mass is 522 g/mol. The molecule has 2 aliphatic heterocycles. The first kappa shape index (κ1) is 27.7. The van der Waals surface area contributed by atoms with Gasteiger partial charge in [-0.15, -0.1) is 0 Å². The van der Waals surface area contributed by atoms with Gasteiger partial charge in [-0.1, -0.05) is 50.2 Å². The van der Waals surface area contributed by atoms with Crippen LogP contribution >= 0.6 is 0 Å². The number of carbonyl (C=O) groups excluding carboxylic acids is 2. The number of likely N-dealkylation sites (tertiary alicyclic amines) is 1. The molecule has 0 aromatic heterocycles. The van der Waals surface area contributed by atoms with E-state index in [2.05, 4.69) is 18.7 Å². The Kier molecular flexibility index (Phi) is 9.42. The molecular weight excluding hydrogens is 484 g/mol. The number of aliphatic hydroxyl groups is 1. The molecule has 2 aromatic rings. The summed E-state index contributed by atoms with van der Waals surface area (Å²) in [6.45, 7) is 9.12. The van der Waals surface area contributed by atoms with Crippen LogP contribution in [0.1, 0.15) is 43.9 Å². The summed E-state index contributed by atoms with van der Waals surface area (Å²) in [5, 5.41) is 11.2. The summed E-state index contributed by atoms with van der Waals surface area (Å²) < 4.78 is 17.0. The van der Waals surface area contributed by atoms with Gasteiger partial charge in [-0.25, -0.2) is 0 Å². The highest BCUT2D eigenvalue weighted by atomic mass is 16.5. The fraction of sp³-hybridized carbons (Fsp3) is 0.467. The summed E-state index contributed by atoms with van der Waals surface area (Å²) in [5.74, 6) is 0.162. The largest absolute Gasteiger partial charge is 0.507 e. The molecule has 2 aromatic carbocycles. The van der Waals surface area contributed by atoms with Crippen molar-refractivity contribution in [2.24, 2.45) is 5.92 Å². The molecule has 4 rings (SSSR count). The maximum Gasteiger partial charge on any atom is 0.295 e. The lowest BCUT2D eigenvalue weighted by molar-refractivity contribution is -0.140. The maximum atomic E-state index is 13.3. The van der Waals surface area contributed by atoms with E-state index in [0.717, 1.165) is 26.1 Å². The van der Waals surface area contributed by atoms with Crippen molar-refractivity contribution >= 4 is 17.4 Å². The van der Waals surface area contributed by atoms with Crippen molar-refractivity contribution in [3.63, 3.8) is 0 Å². The third-order valence-electron chi connectivity index (χ3n) is 7.02. The van der Waals surface area contributed by atoms with E-state index in [4.69, 9.17) is 14.2 Å². The third-order valence-corrected chi connectivity index (χ3v) is 7.02. The van der Waals surface area contributed by atoms with E-state index < -0.39 is 17.7 Å². The van der Waals surface area contributed by atoms with E-state index in [1.54, 1.807) is 42.3 Å². The summed E-state index contributed by atoms with van der Waals surface area (Å²) in [6.07, 6.45) is 1.60. The van der Waals surface area contributed by atoms with E-state index in [-0.39, 0.29) is 11.3 Å². The Labute approximate surface area is 224 Å². The van der Waals surface area contributed by atoms with Crippen molar-refractivity contribution in [1.29, 1.82) is 0 Å². The molecular formula is C30H38N2O6. The van der Waals surface area contributed by atoms with Crippen LogP contribution in [0.4, 0.5) is 0 Å². The standard InChI is InChI=1S/C30H38N2O6/c1-21(2)12-17-38-24-11-10-23(20-25(24)36-3)27-26(28(33)22-8-5-4-6-9-22)29(34)30(35)32(27)14-7-13-31-15-18-37-19-16-31/h4-6,8-11,20-21,27,33H,7,12-19H2,1-3H3. The number of carbonyl (C=O) groups is 2. The Morgan fingerprint density at radius 1 is 1.05 bits per heavy atom. The molecule has 38 heavy (non-hydrogen) atoms. The van der Waals surface area contributed by atoms with Crippen LogP contribution in [0.2, 0.25) is 0 Å². The number of Topliss-reactive ketones (excluding diaryl/α,β-unsaturated/α-hetero) is 1. The highest BCUT2D eigenvalue weighted by Gasteiger charge is 2.46. The number of hydrogen-bond donors (Lipinski definition) is 1. The summed E-state index contributed by atoms with van der Waals surface area (Å²) in [6, 6.07) is 13.6. The average Bonchev–Trinajstić information content (AvgIpc) is 3.18. The fourth-order valence-corrected chi connectivity index (χ4v) is 4.88. The minimum Gasteiger partial charge on any atom is -0.507 e. The van der Waals surface area contributed by atoms with Crippen LogP contribution in [0.15, 0.2) is 54.1 Å². The zero-order chi connectivity index (χ0) is 27.1. The first-order valence-electron chi connectivity index (χ1n) is 13.4. The quantitative estimate of drug-likeness (QED) is 0.268. The van der Waals surface area contributed by atoms with Crippen molar-refractivity contribution in [2.75, 3.05) is 53.1 Å². The summed E-state index contributed by atoms with van der Waals surface area (Å²) >= 11 is 0. The molecule has 0 radical (unpaired) electrons. The number of hydrogen-bond acceptors (Lipinski definition) is 7. The highest BCUT2D eigenvalue weighted by Crippen LogP contribution is 2.42. The van der Waals surface area contributed by atoms with Crippen LogP contribution in [-0.2, 0) is 14.3 Å². The van der Waals surface area contributed by atoms with E-state index >= 15 is 0 Å². The number of amides is 1. The van der Waals surface area contributed by atoms with Gasteiger partial charge in [0.1, 0.15) is 5.76 Å². The highest BCUT2D eigenvalue weighted by molar-refractivity contribution is 6.46. The Morgan fingerprint density at radius 3 is 2.47 bits per heavy atom. The zero-order valence-corrected chi connectivity index (χ0v) is 22.5. The molecule has 2 fully saturated rings. The van der Waals surface area contributed by atoms with Crippen LogP contribution in [0.3, 0.4) is 0 Å². The lowest BCUT2D eigenvalue weighted by atomic mass is 9.95. The molecule has 1 amide bonds. The zero-order valence-electron chi connectivity index (χ0n) is 22.5. The molecule has 8 heteroatoms. The number of aliphatic hydroxyl groups excluding tert-OH is 1. The van der Waals surface area contributed by atoms with Gasteiger partial charge in [0.05, 0.1) is 38.5 Å². The molecule has 2 aliphatic rings. The Bertz CT molecular complexity index is 1140. The van der Waals surface area contributed by atoms with Crippen LogP contribution in [0, 0.1) is 5.92 Å². The number of ketones is 1. The van der Waals surface area contributed by atoms with Gasteiger partial charge >= 0.3 is 0 Å². The van der Waals surface area contributed by atoms with Crippen molar-refractivity contribution in [2.45, 2.75) is 32.7 Å². The number of nitrogens with zero attached hydrogens (tertiary/aromatic N) is 2. The topological polar surface area (TPSA) is 88.5 Å². The summed E-state index contributed by atoms with van der Waals surface area (Å²) in [5.41, 5.74) is 1.26. The fourth-order valence-electron chi connectivity index (χ4n) is 4.88. The third kappa shape index (κ3) is 6.37. The normalized spacial score (nSPS) is 19.8. The molecule has 0 aliphatic carbocycles. The molecule has 2 heterocycles. The van der Waals surface area contributed by atoms with Crippen molar-refractivity contribution in [3.05, 3.63) is 65.2 Å². The van der Waals surface area contributed by atoms with Gasteiger partial charge in [-0.05, 0) is 36.5 Å². The van der Waals surface area contributed by atoms with Gasteiger partial charge in [0.15, 0.2) is 11.5 Å². The number of morpholine rings is 1. The number of ether oxygens (including phenoxy) is 3. The van der Waals surface area contributed by atoms with Gasteiger partial charge in [-0.3, -0.25) is 14.5 Å². The summed E-state index contributed by atoms with van der Waals surface area (Å²) in [7, 11) is 1.57. The van der Waals surface area contributed by atoms with Gasteiger partial charge in [0.25, 0.3) is 11.7 Å². The molecule has 1 unspecified atom stereocenters. The maximum absolute atomic E-state index is 13.3. The van der Waals surface area contributed by atoms with Crippen LogP contribution in [0.5, 0.6) is 11.5 Å².